The predicted octanol–water partition coefficient (Wildman–Crippen LogP) is 3.63. The van der Waals surface area contributed by atoms with Crippen LogP contribution in [0.1, 0.15) is 51.0 Å². The van der Waals surface area contributed by atoms with Crippen molar-refractivity contribution in [2.45, 2.75) is 53.6 Å². The summed E-state index contributed by atoms with van der Waals surface area (Å²) in [5.41, 5.74) is 3.17. The Bertz CT molecular complexity index is 976. The summed E-state index contributed by atoms with van der Waals surface area (Å²) in [5, 5.41) is 5.22. The molecule has 2 rings (SSSR count). The van der Waals surface area contributed by atoms with Crippen LogP contribution in [0.3, 0.4) is 0 Å². The van der Waals surface area contributed by atoms with Crippen LogP contribution in [0.25, 0.3) is 0 Å². The molecule has 1 atom stereocenters. The van der Waals surface area contributed by atoms with E-state index in [0.29, 0.717) is 11.3 Å². The Morgan fingerprint density at radius 2 is 1.68 bits per heavy atom. The van der Waals surface area contributed by atoms with Gasteiger partial charge < -0.3 is 15.4 Å². The first kappa shape index (κ1) is 24.3. The number of ketones is 1. The number of aryl methyl sites for hydroxylation is 4. The summed E-state index contributed by atoms with van der Waals surface area (Å²) in [6.07, 6.45) is -1.17. The van der Waals surface area contributed by atoms with E-state index in [-0.39, 0.29) is 31.1 Å². The van der Waals surface area contributed by atoms with E-state index >= 15 is 0 Å². The molecule has 0 saturated heterocycles. The van der Waals surface area contributed by atoms with Gasteiger partial charge in [0.15, 0.2) is 11.9 Å². The number of carbonyl (C=O) groups is 4. The van der Waals surface area contributed by atoms with Gasteiger partial charge in [-0.15, -0.1) is 11.3 Å². The summed E-state index contributed by atoms with van der Waals surface area (Å²) in [4.78, 5) is 50.5. The van der Waals surface area contributed by atoms with E-state index in [1.54, 1.807) is 0 Å². The van der Waals surface area contributed by atoms with E-state index in [1.165, 1.54) is 18.3 Å². The van der Waals surface area contributed by atoms with Crippen molar-refractivity contribution in [3.05, 3.63) is 50.7 Å². The minimum Gasteiger partial charge on any atom is -0.453 e. The highest BCUT2D eigenvalue weighted by Crippen LogP contribution is 2.22. The molecule has 0 radical (unpaired) electrons. The molecule has 166 valence electrons. The number of esters is 1. The van der Waals surface area contributed by atoms with E-state index < -0.39 is 18.0 Å². The van der Waals surface area contributed by atoms with Crippen molar-refractivity contribution in [3.8, 4) is 0 Å². The molecule has 1 heterocycles. The van der Waals surface area contributed by atoms with E-state index in [1.807, 2.05) is 52.0 Å². The third kappa shape index (κ3) is 7.03. The van der Waals surface area contributed by atoms with Gasteiger partial charge >= 0.3 is 5.97 Å². The maximum Gasteiger partial charge on any atom is 0.307 e. The standard InChI is InChI=1S/C23H28N2O5S/c1-13-7-6-8-14(2)22(13)25-20(27)12-24-23(29)16(4)30-21(28)10-9-19(26)18-11-15(3)31-17(18)5/h6-8,11,16H,9-10,12H2,1-5H3,(H,24,29)(H,25,27). The largest absolute Gasteiger partial charge is 0.453 e. The molecule has 0 saturated carbocycles. The Morgan fingerprint density at radius 3 is 2.26 bits per heavy atom. The van der Waals surface area contributed by atoms with Crippen LogP contribution in [0.5, 0.6) is 0 Å². The molecule has 31 heavy (non-hydrogen) atoms. The Labute approximate surface area is 186 Å². The molecule has 0 spiro atoms. The lowest BCUT2D eigenvalue weighted by Crippen LogP contribution is -2.40. The lowest BCUT2D eigenvalue weighted by molar-refractivity contribution is -0.154. The summed E-state index contributed by atoms with van der Waals surface area (Å²) in [5.74, 6) is -1.73. The molecule has 0 aliphatic carbocycles. The Balaban J connectivity index is 1.76. The summed E-state index contributed by atoms with van der Waals surface area (Å²) in [7, 11) is 0. The van der Waals surface area contributed by atoms with Gasteiger partial charge in [-0.1, -0.05) is 18.2 Å². The zero-order valence-corrected chi connectivity index (χ0v) is 19.3. The van der Waals surface area contributed by atoms with Crippen molar-refractivity contribution in [1.29, 1.82) is 0 Å². The molecule has 0 bridgehead atoms. The van der Waals surface area contributed by atoms with Crippen molar-refractivity contribution in [2.24, 2.45) is 0 Å². The number of anilines is 1. The molecule has 1 aromatic heterocycles. The lowest BCUT2D eigenvalue weighted by atomic mass is 10.1. The van der Waals surface area contributed by atoms with Crippen molar-refractivity contribution in [3.63, 3.8) is 0 Å². The van der Waals surface area contributed by atoms with Gasteiger partial charge in [0.2, 0.25) is 5.91 Å². The van der Waals surface area contributed by atoms with Crippen LogP contribution in [0.4, 0.5) is 5.69 Å². The quantitative estimate of drug-likeness (QED) is 0.454. The average Bonchev–Trinajstić information content (AvgIpc) is 3.05. The number of thiophene rings is 1. The van der Waals surface area contributed by atoms with Crippen LogP contribution in [0.15, 0.2) is 24.3 Å². The summed E-state index contributed by atoms with van der Waals surface area (Å²) >= 11 is 1.53. The van der Waals surface area contributed by atoms with Crippen molar-refractivity contribution in [2.75, 3.05) is 11.9 Å². The number of hydrogen-bond acceptors (Lipinski definition) is 6. The second kappa shape index (κ2) is 10.9. The number of rotatable bonds is 9. The number of carbonyl (C=O) groups excluding carboxylic acids is 4. The molecule has 2 aromatic rings. The molecule has 0 aliphatic heterocycles. The molecule has 1 unspecified atom stereocenters. The first-order chi connectivity index (χ1) is 14.6. The molecule has 7 nitrogen and oxygen atoms in total. The number of para-hydroxylation sites is 1. The van der Waals surface area contributed by atoms with E-state index in [0.717, 1.165) is 20.9 Å². The summed E-state index contributed by atoms with van der Waals surface area (Å²) < 4.78 is 5.09. The van der Waals surface area contributed by atoms with Gasteiger partial charge in [0.25, 0.3) is 5.91 Å². The van der Waals surface area contributed by atoms with E-state index in [4.69, 9.17) is 4.74 Å². The van der Waals surface area contributed by atoms with Gasteiger partial charge in [-0.25, -0.2) is 0 Å². The normalized spacial score (nSPS) is 11.5. The molecular weight excluding hydrogens is 416 g/mol. The fraction of sp³-hybridized carbons (Fsp3) is 0.391. The van der Waals surface area contributed by atoms with Crippen LogP contribution in [0, 0.1) is 27.7 Å². The van der Waals surface area contributed by atoms with Gasteiger partial charge in [-0.05, 0) is 51.8 Å². The minimum atomic E-state index is -1.07. The second-order valence-corrected chi connectivity index (χ2v) is 8.88. The number of Topliss-reactive ketones (excluding diaryl/α,β-unsaturated/α-hetero) is 1. The molecule has 0 aliphatic rings. The highest BCUT2D eigenvalue weighted by molar-refractivity contribution is 7.12. The third-order valence-corrected chi connectivity index (χ3v) is 5.71. The van der Waals surface area contributed by atoms with Crippen molar-refractivity contribution in [1.82, 2.24) is 5.32 Å². The number of ether oxygens (including phenoxy) is 1. The number of benzene rings is 1. The van der Waals surface area contributed by atoms with Crippen molar-refractivity contribution >= 4 is 40.6 Å². The minimum absolute atomic E-state index is 0.0162. The SMILES string of the molecule is Cc1cc(C(=O)CCC(=O)OC(C)C(=O)NCC(=O)Nc2c(C)cccc2C)c(C)s1. The molecule has 8 heteroatoms. The first-order valence-corrected chi connectivity index (χ1v) is 10.8. The van der Waals surface area contributed by atoms with E-state index in [2.05, 4.69) is 10.6 Å². The predicted molar refractivity (Wildman–Crippen MR) is 120 cm³/mol. The third-order valence-electron chi connectivity index (χ3n) is 4.74. The van der Waals surface area contributed by atoms with Crippen LogP contribution < -0.4 is 10.6 Å². The Morgan fingerprint density at radius 1 is 1.03 bits per heavy atom. The number of nitrogens with one attached hydrogen (secondary N) is 2. The topological polar surface area (TPSA) is 102 Å². The maximum atomic E-state index is 12.3. The van der Waals surface area contributed by atoms with Crippen molar-refractivity contribution < 1.29 is 23.9 Å². The van der Waals surface area contributed by atoms with E-state index in [9.17, 15) is 19.2 Å². The Hall–Kier alpha value is -3.00. The van der Waals surface area contributed by atoms with Gasteiger partial charge in [0.1, 0.15) is 0 Å². The zero-order chi connectivity index (χ0) is 23.1. The molecular formula is C23H28N2O5S. The molecule has 2 N–H and O–H groups in total. The van der Waals surface area contributed by atoms with Crippen LogP contribution in [-0.4, -0.2) is 36.2 Å². The molecule has 1 aromatic carbocycles. The van der Waals surface area contributed by atoms with Crippen LogP contribution >= 0.6 is 11.3 Å². The average molecular weight is 445 g/mol. The monoisotopic (exact) mass is 444 g/mol. The highest BCUT2D eigenvalue weighted by atomic mass is 32.1. The molecule has 0 fully saturated rings. The zero-order valence-electron chi connectivity index (χ0n) is 18.5. The van der Waals surface area contributed by atoms with Crippen LogP contribution in [-0.2, 0) is 19.1 Å². The first-order valence-electron chi connectivity index (χ1n) is 10.0. The fourth-order valence-electron chi connectivity index (χ4n) is 3.07. The number of hydrogen-bond donors (Lipinski definition) is 2. The maximum absolute atomic E-state index is 12.3. The van der Waals surface area contributed by atoms with Gasteiger partial charge in [-0.3, -0.25) is 19.2 Å². The van der Waals surface area contributed by atoms with Gasteiger partial charge in [-0.2, -0.15) is 0 Å². The number of amides is 2. The highest BCUT2D eigenvalue weighted by Gasteiger charge is 2.20. The lowest BCUT2D eigenvalue weighted by Gasteiger charge is -2.14. The smallest absolute Gasteiger partial charge is 0.307 e. The van der Waals surface area contributed by atoms with Crippen LogP contribution in [0.2, 0.25) is 0 Å². The van der Waals surface area contributed by atoms with Gasteiger partial charge in [0.05, 0.1) is 13.0 Å². The van der Waals surface area contributed by atoms with Gasteiger partial charge in [0, 0.05) is 27.4 Å². The molecule has 2 amide bonds. The second-order valence-electron chi connectivity index (χ2n) is 7.41. The summed E-state index contributed by atoms with van der Waals surface area (Å²) in [6, 6.07) is 7.48. The Kier molecular flexibility index (Phi) is 8.50. The summed E-state index contributed by atoms with van der Waals surface area (Å²) in [6.45, 7) is 8.73. The fourth-order valence-corrected chi connectivity index (χ4v) is 4.02.